The topological polar surface area (TPSA) is 34.9 Å². The smallest absolute Gasteiger partial charge is 0.227 e. The minimum absolute atomic E-state index is 0.0113. The zero-order valence-corrected chi connectivity index (χ0v) is 15.5. The molecule has 0 saturated carbocycles. The number of aromatic nitrogens is 2. The first-order valence-corrected chi connectivity index (χ1v) is 9.00. The second-order valence-corrected chi connectivity index (χ2v) is 6.73. The number of pyridine rings is 1. The molecule has 4 heteroatoms. The molecule has 2 heterocycles. The van der Waals surface area contributed by atoms with Crippen LogP contribution in [0.3, 0.4) is 0 Å². The third-order valence-electron chi connectivity index (χ3n) is 4.53. The fraction of sp³-hybridized carbons (Fsp3) is 0.0435. The summed E-state index contributed by atoms with van der Waals surface area (Å²) in [4.78, 5) is 16.2. The summed E-state index contributed by atoms with van der Waals surface area (Å²) < 4.78 is 1.69. The van der Waals surface area contributed by atoms with E-state index in [0.29, 0.717) is 5.02 Å². The fourth-order valence-electron chi connectivity index (χ4n) is 3.23. The predicted octanol–water partition coefficient (Wildman–Crippen LogP) is 5.94. The van der Waals surface area contributed by atoms with Crippen molar-refractivity contribution in [2.75, 3.05) is 0 Å². The van der Waals surface area contributed by atoms with Gasteiger partial charge in [0, 0.05) is 41.5 Å². The van der Waals surface area contributed by atoms with Crippen molar-refractivity contribution in [3.8, 4) is 0 Å². The molecule has 0 aliphatic carbocycles. The number of carbonyl (C=O) groups excluding carboxylic acids is 1. The molecule has 3 nitrogen and oxygen atoms in total. The van der Waals surface area contributed by atoms with Crippen LogP contribution in [0, 0.1) is 0 Å². The van der Waals surface area contributed by atoms with Gasteiger partial charge in [-0.25, -0.2) is 0 Å². The van der Waals surface area contributed by atoms with Crippen molar-refractivity contribution in [3.63, 3.8) is 0 Å². The van der Waals surface area contributed by atoms with Gasteiger partial charge in [0.25, 0.3) is 0 Å². The molecule has 0 N–H and O–H groups in total. The molecule has 0 bridgehead atoms. The number of benzene rings is 2. The molecule has 0 radical (unpaired) electrons. The Kier molecular flexibility index (Phi) is 4.61. The van der Waals surface area contributed by atoms with Gasteiger partial charge in [0.2, 0.25) is 5.91 Å². The lowest BCUT2D eigenvalue weighted by atomic mass is 9.96. The SMILES string of the molecule is CC(=O)n1cc(C=C(c2ccncc2)c2ccc(Cl)cc2)c2ccccc21. The van der Waals surface area contributed by atoms with Gasteiger partial charge in [0.05, 0.1) is 5.52 Å². The van der Waals surface area contributed by atoms with E-state index < -0.39 is 0 Å². The molecule has 0 atom stereocenters. The Morgan fingerprint density at radius 2 is 1.63 bits per heavy atom. The second kappa shape index (κ2) is 7.22. The van der Waals surface area contributed by atoms with Crippen LogP contribution >= 0.6 is 11.6 Å². The zero-order chi connectivity index (χ0) is 18.8. The minimum Gasteiger partial charge on any atom is -0.287 e. The van der Waals surface area contributed by atoms with E-state index in [1.807, 2.05) is 66.9 Å². The zero-order valence-electron chi connectivity index (χ0n) is 14.8. The van der Waals surface area contributed by atoms with Crippen molar-refractivity contribution in [1.82, 2.24) is 9.55 Å². The Bertz CT molecular complexity index is 1140. The summed E-state index contributed by atoms with van der Waals surface area (Å²) in [5.74, 6) is -0.0113. The maximum absolute atomic E-state index is 12.1. The average molecular weight is 373 g/mol. The number of hydrogen-bond acceptors (Lipinski definition) is 2. The first kappa shape index (κ1) is 17.3. The molecule has 4 rings (SSSR count). The van der Waals surface area contributed by atoms with Gasteiger partial charge in [-0.05, 0) is 53.1 Å². The maximum atomic E-state index is 12.1. The quantitative estimate of drug-likeness (QED) is 0.446. The summed E-state index contributed by atoms with van der Waals surface area (Å²) in [6.07, 6.45) is 7.56. The van der Waals surface area contributed by atoms with Crippen molar-refractivity contribution in [3.05, 3.63) is 101 Å². The maximum Gasteiger partial charge on any atom is 0.227 e. The molecule has 0 saturated heterocycles. The Morgan fingerprint density at radius 1 is 0.963 bits per heavy atom. The molecule has 27 heavy (non-hydrogen) atoms. The molecule has 0 unspecified atom stereocenters. The van der Waals surface area contributed by atoms with Crippen LogP contribution in [0.2, 0.25) is 5.02 Å². The summed E-state index contributed by atoms with van der Waals surface area (Å²) in [6.45, 7) is 1.57. The molecule has 132 valence electrons. The number of halogens is 1. The van der Waals surface area contributed by atoms with Crippen LogP contribution in [0.1, 0.15) is 28.4 Å². The molecule has 4 aromatic rings. The van der Waals surface area contributed by atoms with Crippen molar-refractivity contribution in [2.45, 2.75) is 6.92 Å². The second-order valence-electron chi connectivity index (χ2n) is 6.29. The molecular weight excluding hydrogens is 356 g/mol. The van der Waals surface area contributed by atoms with Crippen molar-refractivity contribution in [1.29, 1.82) is 0 Å². The molecular formula is C23H17ClN2O. The molecule has 0 aliphatic rings. The van der Waals surface area contributed by atoms with E-state index in [0.717, 1.165) is 33.2 Å². The summed E-state index contributed by atoms with van der Waals surface area (Å²) in [5, 5.41) is 1.73. The molecule has 0 amide bonds. The van der Waals surface area contributed by atoms with E-state index >= 15 is 0 Å². The van der Waals surface area contributed by atoms with E-state index in [-0.39, 0.29) is 5.91 Å². The highest BCUT2D eigenvalue weighted by atomic mass is 35.5. The van der Waals surface area contributed by atoms with Crippen molar-refractivity contribution < 1.29 is 4.79 Å². The fourth-order valence-corrected chi connectivity index (χ4v) is 3.36. The highest BCUT2D eigenvalue weighted by Crippen LogP contribution is 2.30. The van der Waals surface area contributed by atoms with Crippen LogP contribution in [0.4, 0.5) is 0 Å². The monoisotopic (exact) mass is 372 g/mol. The van der Waals surface area contributed by atoms with Gasteiger partial charge in [0.1, 0.15) is 0 Å². The van der Waals surface area contributed by atoms with Crippen LogP contribution in [-0.2, 0) is 0 Å². The predicted molar refractivity (Wildman–Crippen MR) is 111 cm³/mol. The van der Waals surface area contributed by atoms with Gasteiger partial charge in [-0.2, -0.15) is 0 Å². The highest BCUT2D eigenvalue weighted by Gasteiger charge is 2.12. The van der Waals surface area contributed by atoms with Gasteiger partial charge in [0.15, 0.2) is 0 Å². The Labute approximate surface area is 162 Å². The van der Waals surface area contributed by atoms with Crippen molar-refractivity contribution >= 4 is 40.1 Å². The van der Waals surface area contributed by atoms with Crippen LogP contribution < -0.4 is 0 Å². The molecule has 2 aromatic carbocycles. The number of carbonyl (C=O) groups is 1. The van der Waals surface area contributed by atoms with Gasteiger partial charge >= 0.3 is 0 Å². The number of hydrogen-bond donors (Lipinski definition) is 0. The largest absolute Gasteiger partial charge is 0.287 e. The van der Waals surface area contributed by atoms with E-state index in [2.05, 4.69) is 11.1 Å². The molecule has 2 aromatic heterocycles. The Balaban J connectivity index is 1.96. The summed E-state index contributed by atoms with van der Waals surface area (Å²) in [7, 11) is 0. The number of fused-ring (bicyclic) bond motifs is 1. The van der Waals surface area contributed by atoms with E-state index in [1.165, 1.54) is 0 Å². The summed E-state index contributed by atoms with van der Waals surface area (Å²) >= 11 is 6.07. The van der Waals surface area contributed by atoms with Crippen LogP contribution in [0.15, 0.2) is 79.3 Å². The van der Waals surface area contributed by atoms with Crippen LogP contribution in [-0.4, -0.2) is 15.5 Å². The summed E-state index contributed by atoms with van der Waals surface area (Å²) in [6, 6.07) is 19.6. The normalized spacial score (nSPS) is 11.7. The minimum atomic E-state index is -0.0113. The standard InChI is InChI=1S/C23H17ClN2O/c1-16(27)26-15-19(21-4-2-3-5-23(21)26)14-22(18-10-12-25-13-11-18)17-6-8-20(24)9-7-17/h2-15H,1H3. The average Bonchev–Trinajstić information content (AvgIpc) is 3.07. The number of nitrogens with zero attached hydrogens (tertiary/aromatic N) is 2. The van der Waals surface area contributed by atoms with Crippen molar-refractivity contribution in [2.24, 2.45) is 0 Å². The van der Waals surface area contributed by atoms with E-state index in [9.17, 15) is 4.79 Å². The molecule has 0 spiro atoms. The van der Waals surface area contributed by atoms with Gasteiger partial charge in [-0.1, -0.05) is 41.9 Å². The first-order chi connectivity index (χ1) is 13.1. The molecule has 0 fully saturated rings. The Hall–Kier alpha value is -3.17. The van der Waals surface area contributed by atoms with Gasteiger partial charge < -0.3 is 0 Å². The van der Waals surface area contributed by atoms with Crippen LogP contribution in [0.5, 0.6) is 0 Å². The van der Waals surface area contributed by atoms with E-state index in [4.69, 9.17) is 11.6 Å². The third kappa shape index (κ3) is 3.42. The lowest BCUT2D eigenvalue weighted by Crippen LogP contribution is -2.02. The molecule has 0 aliphatic heterocycles. The third-order valence-corrected chi connectivity index (χ3v) is 4.78. The van der Waals surface area contributed by atoms with Gasteiger partial charge in [-0.3, -0.25) is 14.3 Å². The van der Waals surface area contributed by atoms with E-state index in [1.54, 1.807) is 23.9 Å². The number of para-hydroxylation sites is 1. The van der Waals surface area contributed by atoms with Crippen LogP contribution in [0.25, 0.3) is 22.6 Å². The Morgan fingerprint density at radius 3 is 2.33 bits per heavy atom. The summed E-state index contributed by atoms with van der Waals surface area (Å²) in [5.41, 5.74) is 5.03. The lowest BCUT2D eigenvalue weighted by Gasteiger charge is -2.09. The lowest BCUT2D eigenvalue weighted by molar-refractivity contribution is 0.0941. The highest BCUT2D eigenvalue weighted by molar-refractivity contribution is 6.30. The first-order valence-electron chi connectivity index (χ1n) is 8.62. The number of rotatable bonds is 3. The van der Waals surface area contributed by atoms with Gasteiger partial charge in [-0.15, -0.1) is 0 Å².